The lowest BCUT2D eigenvalue weighted by Crippen LogP contribution is -2.52. The normalized spacial score (nSPS) is 20.0. The molecule has 5 nitrogen and oxygen atoms in total. The molecule has 0 saturated carbocycles. The van der Waals surface area contributed by atoms with Crippen molar-refractivity contribution < 1.29 is 0 Å². The Balaban J connectivity index is 0.974. The lowest BCUT2D eigenvalue weighted by atomic mass is 9.74. The molecule has 2 aromatic heterocycles. The van der Waals surface area contributed by atoms with E-state index in [1.54, 1.807) is 0 Å². The van der Waals surface area contributed by atoms with E-state index in [0.717, 1.165) is 35.5 Å². The number of anilines is 2. The smallest absolute Gasteiger partial charge is 0.0865 e. The lowest BCUT2D eigenvalue weighted by Gasteiger charge is -2.43. The molecule has 0 spiro atoms. The number of aromatic nitrogens is 2. The molecular formula is C57H43N5. The summed E-state index contributed by atoms with van der Waals surface area (Å²) in [5.41, 5.74) is 15.1. The number of rotatable bonds is 5. The molecule has 5 heteroatoms. The van der Waals surface area contributed by atoms with E-state index in [1.807, 2.05) is 0 Å². The molecule has 2 aliphatic carbocycles. The predicted octanol–water partition coefficient (Wildman–Crippen LogP) is 11.8. The summed E-state index contributed by atoms with van der Waals surface area (Å²) in [5, 5.41) is 10.4. The second kappa shape index (κ2) is 13.4. The van der Waals surface area contributed by atoms with E-state index in [2.05, 4.69) is 227 Å². The fourth-order valence-corrected chi connectivity index (χ4v) is 11.1. The molecule has 4 aliphatic rings. The third-order valence-electron chi connectivity index (χ3n) is 13.9. The van der Waals surface area contributed by atoms with Crippen LogP contribution in [0.15, 0.2) is 205 Å². The maximum absolute atomic E-state index is 5.37. The van der Waals surface area contributed by atoms with Gasteiger partial charge in [0.2, 0.25) is 0 Å². The maximum Gasteiger partial charge on any atom is 0.0865 e. The summed E-state index contributed by atoms with van der Waals surface area (Å²) in [5.74, 6) is 0.152. The molecule has 2 aliphatic heterocycles. The second-order valence-electron chi connectivity index (χ2n) is 17.3. The zero-order valence-electron chi connectivity index (χ0n) is 34.4. The average Bonchev–Trinajstić information content (AvgIpc) is 3.97. The molecule has 4 heterocycles. The zero-order valence-corrected chi connectivity index (χ0v) is 34.4. The van der Waals surface area contributed by atoms with Gasteiger partial charge in [0.05, 0.1) is 50.6 Å². The van der Waals surface area contributed by atoms with Crippen molar-refractivity contribution in [3.8, 4) is 11.4 Å². The Labute approximate surface area is 360 Å². The van der Waals surface area contributed by atoms with Crippen LogP contribution in [-0.4, -0.2) is 26.4 Å². The molecule has 0 radical (unpaired) electrons. The summed E-state index contributed by atoms with van der Waals surface area (Å²) in [6, 6.07) is 63.9. The molecule has 0 amide bonds. The van der Waals surface area contributed by atoms with Crippen LogP contribution >= 0.6 is 0 Å². The van der Waals surface area contributed by atoms with Gasteiger partial charge in [0.1, 0.15) is 0 Å². The number of hydrogen-bond donors (Lipinski definition) is 1. The van der Waals surface area contributed by atoms with Gasteiger partial charge in [-0.15, -0.1) is 0 Å². The number of aliphatic imine (C=N–C) groups is 1. The fraction of sp³-hybridized carbons (Fsp3) is 0.105. The first-order valence-corrected chi connectivity index (χ1v) is 21.9. The molecule has 0 bridgehead atoms. The molecule has 7 aromatic carbocycles. The van der Waals surface area contributed by atoms with E-state index in [9.17, 15) is 0 Å². The molecule has 3 atom stereocenters. The van der Waals surface area contributed by atoms with Crippen molar-refractivity contribution in [3.63, 3.8) is 0 Å². The Morgan fingerprint density at radius 3 is 2.16 bits per heavy atom. The molecule has 0 fully saturated rings. The van der Waals surface area contributed by atoms with Crippen molar-refractivity contribution >= 4 is 67.1 Å². The highest BCUT2D eigenvalue weighted by Crippen LogP contribution is 2.47. The molecule has 62 heavy (non-hydrogen) atoms. The SMILES string of the molecule is CC1(C2C=C(N3c4ccccc4C4=c5c(n(-c6ccc7c(c6)c6ccccc6n7-c6ccccc6)c6ccccc56)=CCC43)C=CC2)Nc2ccccc2N=C1c1ccccc1. The van der Waals surface area contributed by atoms with E-state index in [-0.39, 0.29) is 12.0 Å². The number of para-hydroxylation sites is 6. The Hall–Kier alpha value is -7.63. The maximum atomic E-state index is 5.37. The van der Waals surface area contributed by atoms with Gasteiger partial charge in [-0.1, -0.05) is 133 Å². The largest absolute Gasteiger partial charge is 0.372 e. The molecule has 0 saturated heterocycles. The molecule has 1 N–H and O–H groups in total. The standard InChI is InChI=1S/C57H43N5/c1-57(56(37-17-4-2-5-18-37)58-46-26-11-12-27-47(46)59-57)38-19-16-22-40(35-38)61-49-29-14-9-24-43(49)54-52(61)33-34-53-55(54)44-25-10-15-30-50(44)62(53)41-31-32-51-45(36-41)42-23-8-13-28-48(42)60(51)39-20-6-3-7-21-39/h2-18,20-32,34-36,38,52,59H,19,33H2,1H3. The van der Waals surface area contributed by atoms with Crippen LogP contribution in [0.25, 0.3) is 55.7 Å². The van der Waals surface area contributed by atoms with Crippen LogP contribution in [0.2, 0.25) is 0 Å². The average molecular weight is 798 g/mol. The van der Waals surface area contributed by atoms with E-state index in [1.165, 1.54) is 77.2 Å². The Bertz CT molecular complexity index is 3530. The fourth-order valence-electron chi connectivity index (χ4n) is 11.1. The van der Waals surface area contributed by atoms with Gasteiger partial charge in [-0.3, -0.25) is 0 Å². The third kappa shape index (κ3) is 5.05. The van der Waals surface area contributed by atoms with Crippen molar-refractivity contribution in [2.75, 3.05) is 10.2 Å². The lowest BCUT2D eigenvalue weighted by molar-refractivity contribution is 0.485. The predicted molar refractivity (Wildman–Crippen MR) is 258 cm³/mol. The quantitative estimate of drug-likeness (QED) is 0.188. The number of nitrogens with one attached hydrogen (secondary N) is 1. The minimum atomic E-state index is -0.439. The van der Waals surface area contributed by atoms with Crippen molar-refractivity contribution in [3.05, 3.63) is 222 Å². The summed E-state index contributed by atoms with van der Waals surface area (Å²) >= 11 is 0. The van der Waals surface area contributed by atoms with Crippen LogP contribution in [0.4, 0.5) is 17.1 Å². The molecule has 296 valence electrons. The molecule has 13 rings (SSSR count). The van der Waals surface area contributed by atoms with Gasteiger partial charge in [-0.2, -0.15) is 0 Å². The van der Waals surface area contributed by atoms with Crippen LogP contribution in [0.5, 0.6) is 0 Å². The van der Waals surface area contributed by atoms with Crippen LogP contribution in [0.3, 0.4) is 0 Å². The van der Waals surface area contributed by atoms with E-state index < -0.39 is 5.54 Å². The van der Waals surface area contributed by atoms with Crippen molar-refractivity contribution in [1.82, 2.24) is 9.13 Å². The van der Waals surface area contributed by atoms with Crippen LogP contribution in [0.1, 0.15) is 30.9 Å². The Kier molecular flexibility index (Phi) is 7.62. The van der Waals surface area contributed by atoms with Crippen LogP contribution < -0.4 is 20.8 Å². The number of nitrogens with zero attached hydrogens (tertiary/aromatic N) is 4. The van der Waals surface area contributed by atoms with E-state index in [0.29, 0.717) is 0 Å². The third-order valence-corrected chi connectivity index (χ3v) is 13.9. The van der Waals surface area contributed by atoms with Gasteiger partial charge in [0, 0.05) is 55.6 Å². The summed E-state index contributed by atoms with van der Waals surface area (Å²) in [6.07, 6.45) is 11.6. The van der Waals surface area contributed by atoms with Gasteiger partial charge >= 0.3 is 0 Å². The van der Waals surface area contributed by atoms with Gasteiger partial charge in [0.25, 0.3) is 0 Å². The van der Waals surface area contributed by atoms with E-state index >= 15 is 0 Å². The van der Waals surface area contributed by atoms with Gasteiger partial charge in [0.15, 0.2) is 0 Å². The number of benzene rings is 7. The van der Waals surface area contributed by atoms with Gasteiger partial charge in [-0.05, 0) is 97.6 Å². The van der Waals surface area contributed by atoms with Crippen LogP contribution in [-0.2, 0) is 0 Å². The van der Waals surface area contributed by atoms with E-state index in [4.69, 9.17) is 4.99 Å². The topological polar surface area (TPSA) is 37.5 Å². The Morgan fingerprint density at radius 2 is 1.31 bits per heavy atom. The first-order chi connectivity index (χ1) is 30.6. The molecular weight excluding hydrogens is 755 g/mol. The summed E-state index contributed by atoms with van der Waals surface area (Å²) in [4.78, 5) is 8.00. The van der Waals surface area contributed by atoms with Crippen LogP contribution in [0, 0.1) is 5.92 Å². The van der Waals surface area contributed by atoms with Crippen molar-refractivity contribution in [2.45, 2.75) is 31.3 Å². The highest BCUT2D eigenvalue weighted by Gasteiger charge is 2.44. The van der Waals surface area contributed by atoms with Crippen molar-refractivity contribution in [2.24, 2.45) is 10.9 Å². The monoisotopic (exact) mass is 797 g/mol. The summed E-state index contributed by atoms with van der Waals surface area (Å²) in [6.45, 7) is 2.34. The summed E-state index contributed by atoms with van der Waals surface area (Å²) in [7, 11) is 0. The first-order valence-electron chi connectivity index (χ1n) is 21.9. The first kappa shape index (κ1) is 35.2. The number of allylic oxidation sites excluding steroid dienone is 2. The minimum Gasteiger partial charge on any atom is -0.372 e. The highest BCUT2D eigenvalue weighted by molar-refractivity contribution is 6.13. The number of hydrogen-bond acceptors (Lipinski definition) is 3. The second-order valence-corrected chi connectivity index (χ2v) is 17.3. The summed E-state index contributed by atoms with van der Waals surface area (Å²) < 4.78 is 4.91. The zero-order chi connectivity index (χ0) is 40.9. The Morgan fingerprint density at radius 1 is 0.613 bits per heavy atom. The van der Waals surface area contributed by atoms with Gasteiger partial charge in [-0.25, -0.2) is 4.99 Å². The van der Waals surface area contributed by atoms with Crippen molar-refractivity contribution in [1.29, 1.82) is 0 Å². The number of fused-ring (bicyclic) bond motifs is 10. The minimum absolute atomic E-state index is 0.148. The molecule has 9 aromatic rings. The highest BCUT2D eigenvalue weighted by atomic mass is 15.2. The molecule has 3 unspecified atom stereocenters. The van der Waals surface area contributed by atoms with Gasteiger partial charge < -0.3 is 19.4 Å².